The minimum atomic E-state index is -0.382. The van der Waals surface area contributed by atoms with Gasteiger partial charge in [-0.25, -0.2) is 4.79 Å². The zero-order chi connectivity index (χ0) is 12.1. The van der Waals surface area contributed by atoms with Crippen LogP contribution in [0.3, 0.4) is 0 Å². The molecule has 0 radical (unpaired) electrons. The van der Waals surface area contributed by atoms with Crippen molar-refractivity contribution in [3.05, 3.63) is 15.8 Å². The maximum absolute atomic E-state index is 11.6. The molecule has 4 nitrogen and oxygen atoms in total. The molecule has 1 aromatic rings. The number of anilines is 1. The molecular formula is C11H15NO3S. The van der Waals surface area contributed by atoms with E-state index in [0.717, 1.165) is 5.56 Å². The first-order valence-electron chi connectivity index (χ1n) is 5.15. The molecule has 0 saturated carbocycles. The number of nitrogens with one attached hydrogen (secondary N) is 1. The average Bonchev–Trinajstić information content (AvgIpc) is 2.61. The second-order valence-electron chi connectivity index (χ2n) is 3.25. The van der Waals surface area contributed by atoms with Crippen molar-refractivity contribution < 1.29 is 14.3 Å². The molecule has 0 bridgehead atoms. The van der Waals surface area contributed by atoms with Crippen LogP contribution < -0.4 is 5.32 Å². The topological polar surface area (TPSA) is 55.4 Å². The minimum absolute atomic E-state index is 0.105. The smallest absolute Gasteiger partial charge is 0.350 e. The number of rotatable bonds is 4. The van der Waals surface area contributed by atoms with E-state index in [9.17, 15) is 9.59 Å². The number of carbonyl (C=O) groups is 2. The van der Waals surface area contributed by atoms with Crippen molar-refractivity contribution in [2.45, 2.75) is 27.2 Å². The highest BCUT2D eigenvalue weighted by Crippen LogP contribution is 2.28. The van der Waals surface area contributed by atoms with Crippen LogP contribution in [-0.4, -0.2) is 18.5 Å². The molecule has 0 aromatic carbocycles. The van der Waals surface area contributed by atoms with E-state index in [2.05, 4.69) is 5.32 Å². The summed E-state index contributed by atoms with van der Waals surface area (Å²) >= 11 is 1.29. The van der Waals surface area contributed by atoms with Gasteiger partial charge in [-0.2, -0.15) is 0 Å². The van der Waals surface area contributed by atoms with Crippen LogP contribution in [0.1, 0.15) is 35.5 Å². The molecule has 0 aliphatic carbocycles. The lowest BCUT2D eigenvalue weighted by Gasteiger charge is -2.06. The van der Waals surface area contributed by atoms with Crippen LogP contribution in [0.2, 0.25) is 0 Å². The summed E-state index contributed by atoms with van der Waals surface area (Å²) in [5.41, 5.74) is 1.46. The number of amides is 1. The SMILES string of the molecule is CCOC(=O)c1scc(C)c1NC(=O)CC. The van der Waals surface area contributed by atoms with Crippen molar-refractivity contribution in [2.75, 3.05) is 11.9 Å². The average molecular weight is 241 g/mol. The number of ether oxygens (including phenoxy) is 1. The van der Waals surface area contributed by atoms with E-state index >= 15 is 0 Å². The first-order valence-corrected chi connectivity index (χ1v) is 6.03. The highest BCUT2D eigenvalue weighted by Gasteiger charge is 2.18. The second kappa shape index (κ2) is 5.65. The van der Waals surface area contributed by atoms with Gasteiger partial charge in [0.05, 0.1) is 12.3 Å². The number of carbonyl (C=O) groups excluding carboxylic acids is 2. The highest BCUT2D eigenvalue weighted by molar-refractivity contribution is 7.12. The molecule has 0 spiro atoms. The summed E-state index contributed by atoms with van der Waals surface area (Å²) in [6.07, 6.45) is 0.386. The number of hydrogen-bond donors (Lipinski definition) is 1. The van der Waals surface area contributed by atoms with E-state index in [1.165, 1.54) is 11.3 Å². The fourth-order valence-corrected chi connectivity index (χ4v) is 2.07. The molecule has 0 unspecified atom stereocenters. The predicted octanol–water partition coefficient (Wildman–Crippen LogP) is 2.58. The summed E-state index contributed by atoms with van der Waals surface area (Å²) in [7, 11) is 0. The van der Waals surface area contributed by atoms with Crippen molar-refractivity contribution in [1.82, 2.24) is 0 Å². The van der Waals surface area contributed by atoms with Gasteiger partial charge in [0.1, 0.15) is 4.88 Å². The second-order valence-corrected chi connectivity index (χ2v) is 4.12. The number of aryl methyl sites for hydroxylation is 1. The Morgan fingerprint density at radius 2 is 2.12 bits per heavy atom. The van der Waals surface area contributed by atoms with Gasteiger partial charge in [-0.1, -0.05) is 6.92 Å². The van der Waals surface area contributed by atoms with E-state index in [-0.39, 0.29) is 11.9 Å². The quantitative estimate of drug-likeness (QED) is 0.824. The summed E-state index contributed by atoms with van der Waals surface area (Å²) in [6.45, 7) is 5.70. The van der Waals surface area contributed by atoms with Crippen molar-refractivity contribution in [3.63, 3.8) is 0 Å². The highest BCUT2D eigenvalue weighted by atomic mass is 32.1. The Hall–Kier alpha value is -1.36. The van der Waals surface area contributed by atoms with Gasteiger partial charge >= 0.3 is 5.97 Å². The number of esters is 1. The maximum atomic E-state index is 11.6. The Morgan fingerprint density at radius 3 is 2.69 bits per heavy atom. The largest absolute Gasteiger partial charge is 0.462 e. The van der Waals surface area contributed by atoms with Crippen LogP contribution in [0.4, 0.5) is 5.69 Å². The first-order chi connectivity index (χ1) is 7.60. The monoisotopic (exact) mass is 241 g/mol. The maximum Gasteiger partial charge on any atom is 0.350 e. The van der Waals surface area contributed by atoms with Crippen LogP contribution in [-0.2, 0) is 9.53 Å². The summed E-state index contributed by atoms with van der Waals surface area (Å²) in [6, 6.07) is 0. The van der Waals surface area contributed by atoms with Crippen molar-refractivity contribution in [1.29, 1.82) is 0 Å². The van der Waals surface area contributed by atoms with Crippen LogP contribution in [0, 0.1) is 6.92 Å². The van der Waals surface area contributed by atoms with Gasteiger partial charge in [0.2, 0.25) is 5.91 Å². The molecule has 5 heteroatoms. The fraction of sp³-hybridized carbons (Fsp3) is 0.455. The standard InChI is InChI=1S/C11H15NO3S/c1-4-8(13)12-9-7(3)6-16-10(9)11(14)15-5-2/h6H,4-5H2,1-3H3,(H,12,13). The predicted molar refractivity (Wildman–Crippen MR) is 63.9 cm³/mol. The Labute approximate surface area is 98.6 Å². The Morgan fingerprint density at radius 1 is 1.44 bits per heavy atom. The van der Waals surface area contributed by atoms with Crippen molar-refractivity contribution in [2.24, 2.45) is 0 Å². The van der Waals surface area contributed by atoms with Crippen molar-refractivity contribution in [3.8, 4) is 0 Å². The third kappa shape index (κ3) is 2.82. The molecule has 1 amide bonds. The van der Waals surface area contributed by atoms with Crippen LogP contribution in [0.5, 0.6) is 0 Å². The molecule has 0 saturated heterocycles. The zero-order valence-electron chi connectivity index (χ0n) is 9.62. The molecule has 88 valence electrons. The molecule has 1 heterocycles. The Bertz CT molecular complexity index is 398. The lowest BCUT2D eigenvalue weighted by atomic mass is 10.2. The third-order valence-corrected chi connectivity index (χ3v) is 3.10. The molecule has 0 fully saturated rings. The summed E-state index contributed by atoms with van der Waals surface area (Å²) in [5.74, 6) is -0.487. The third-order valence-electron chi connectivity index (χ3n) is 2.02. The fourth-order valence-electron chi connectivity index (χ4n) is 1.17. The minimum Gasteiger partial charge on any atom is -0.462 e. The summed E-state index contributed by atoms with van der Waals surface area (Å²) in [5, 5.41) is 4.55. The van der Waals surface area contributed by atoms with Crippen LogP contribution in [0.15, 0.2) is 5.38 Å². The molecule has 0 atom stereocenters. The van der Waals surface area contributed by atoms with Gasteiger partial charge < -0.3 is 10.1 Å². The molecule has 1 aromatic heterocycles. The van der Waals surface area contributed by atoms with Gasteiger partial charge in [-0.15, -0.1) is 11.3 Å². The lowest BCUT2D eigenvalue weighted by molar-refractivity contribution is -0.115. The molecule has 1 rings (SSSR count). The molecule has 16 heavy (non-hydrogen) atoms. The van der Waals surface area contributed by atoms with E-state index in [1.54, 1.807) is 13.8 Å². The van der Waals surface area contributed by atoms with Crippen LogP contribution >= 0.6 is 11.3 Å². The zero-order valence-corrected chi connectivity index (χ0v) is 10.4. The van der Waals surface area contributed by atoms with Gasteiger partial charge in [0, 0.05) is 6.42 Å². The molecule has 0 aliphatic heterocycles. The molecule has 0 aliphatic rings. The summed E-state index contributed by atoms with van der Waals surface area (Å²) in [4.78, 5) is 23.4. The van der Waals surface area contributed by atoms with E-state index < -0.39 is 0 Å². The Kier molecular flexibility index (Phi) is 4.49. The van der Waals surface area contributed by atoms with E-state index in [1.807, 2.05) is 12.3 Å². The van der Waals surface area contributed by atoms with Gasteiger partial charge in [-0.3, -0.25) is 4.79 Å². The number of thiophene rings is 1. The lowest BCUT2D eigenvalue weighted by Crippen LogP contribution is -2.13. The molecular weight excluding hydrogens is 226 g/mol. The van der Waals surface area contributed by atoms with Gasteiger partial charge in [-0.05, 0) is 24.8 Å². The van der Waals surface area contributed by atoms with Gasteiger partial charge in [0.15, 0.2) is 0 Å². The van der Waals surface area contributed by atoms with E-state index in [0.29, 0.717) is 23.6 Å². The van der Waals surface area contributed by atoms with Gasteiger partial charge in [0.25, 0.3) is 0 Å². The van der Waals surface area contributed by atoms with E-state index in [4.69, 9.17) is 4.74 Å². The summed E-state index contributed by atoms with van der Waals surface area (Å²) < 4.78 is 4.92. The van der Waals surface area contributed by atoms with Crippen molar-refractivity contribution >= 4 is 28.9 Å². The number of hydrogen-bond acceptors (Lipinski definition) is 4. The normalized spacial score (nSPS) is 9.94. The Balaban J connectivity index is 2.93. The first kappa shape index (κ1) is 12.7. The molecule has 1 N–H and O–H groups in total. The van der Waals surface area contributed by atoms with Crippen LogP contribution in [0.25, 0.3) is 0 Å².